The summed E-state index contributed by atoms with van der Waals surface area (Å²) in [6.45, 7) is 5.63. The number of ether oxygens (including phenoxy) is 1. The molecule has 0 aliphatic carbocycles. The third-order valence-corrected chi connectivity index (χ3v) is 3.57. The molecular formula is C19H23N3O4. The molecule has 0 saturated heterocycles. The van der Waals surface area contributed by atoms with Crippen LogP contribution in [0.1, 0.15) is 36.3 Å². The number of aromatic nitrogens is 1. The summed E-state index contributed by atoms with van der Waals surface area (Å²) < 4.78 is 5.30. The number of benzene rings is 1. The van der Waals surface area contributed by atoms with E-state index in [0.29, 0.717) is 29.2 Å². The van der Waals surface area contributed by atoms with Crippen LogP contribution in [0.2, 0.25) is 0 Å². The number of H-pyrrole nitrogens is 1. The first-order valence-corrected chi connectivity index (χ1v) is 8.28. The highest BCUT2D eigenvalue weighted by Crippen LogP contribution is 2.28. The summed E-state index contributed by atoms with van der Waals surface area (Å²) in [5.41, 5.74) is 1.55. The summed E-state index contributed by atoms with van der Waals surface area (Å²) in [6, 6.07) is 7.76. The lowest BCUT2D eigenvalue weighted by Crippen LogP contribution is -2.17. The summed E-state index contributed by atoms with van der Waals surface area (Å²) in [7, 11) is 1.49. The van der Waals surface area contributed by atoms with Crippen molar-refractivity contribution in [2.75, 3.05) is 17.7 Å². The standard InChI is InChI=1S/C19H23N3O4/c1-11(2)7-17(23)22-15-6-5-14(10-16(15)26-4)21-19(25)13-8-12(3)20-18(24)9-13/h5-6,8-11H,7H2,1-4H3,(H,20,24)(H,21,25)(H,22,23). The molecule has 138 valence electrons. The third-order valence-electron chi connectivity index (χ3n) is 3.57. The van der Waals surface area contributed by atoms with Crippen molar-refractivity contribution >= 4 is 23.2 Å². The number of carbonyl (C=O) groups excluding carboxylic acids is 2. The molecule has 2 amide bonds. The van der Waals surface area contributed by atoms with E-state index in [1.54, 1.807) is 31.2 Å². The zero-order chi connectivity index (χ0) is 19.3. The number of nitrogens with one attached hydrogen (secondary N) is 3. The molecule has 7 heteroatoms. The van der Waals surface area contributed by atoms with Gasteiger partial charge in [-0.3, -0.25) is 14.4 Å². The van der Waals surface area contributed by atoms with Gasteiger partial charge in [0.1, 0.15) is 5.75 Å². The molecule has 0 radical (unpaired) electrons. The Hall–Kier alpha value is -3.09. The maximum absolute atomic E-state index is 12.3. The van der Waals surface area contributed by atoms with Gasteiger partial charge in [0.2, 0.25) is 11.5 Å². The van der Waals surface area contributed by atoms with Crippen LogP contribution < -0.4 is 20.9 Å². The molecule has 0 spiro atoms. The van der Waals surface area contributed by atoms with Crippen LogP contribution in [-0.4, -0.2) is 23.9 Å². The maximum atomic E-state index is 12.3. The van der Waals surface area contributed by atoms with E-state index in [9.17, 15) is 14.4 Å². The van der Waals surface area contributed by atoms with Crippen molar-refractivity contribution in [2.24, 2.45) is 5.92 Å². The van der Waals surface area contributed by atoms with Crippen molar-refractivity contribution < 1.29 is 14.3 Å². The first kappa shape index (κ1) is 19.2. The smallest absolute Gasteiger partial charge is 0.255 e. The Bertz CT molecular complexity index is 871. The molecule has 0 bridgehead atoms. The average molecular weight is 357 g/mol. The van der Waals surface area contributed by atoms with E-state index < -0.39 is 5.91 Å². The topological polar surface area (TPSA) is 100 Å². The van der Waals surface area contributed by atoms with Gasteiger partial charge in [0, 0.05) is 35.5 Å². The molecule has 2 aromatic rings. The second kappa shape index (κ2) is 8.33. The lowest BCUT2D eigenvalue weighted by Gasteiger charge is -2.13. The number of methoxy groups -OCH3 is 1. The zero-order valence-electron chi connectivity index (χ0n) is 15.3. The molecule has 0 unspecified atom stereocenters. The Balaban J connectivity index is 2.16. The number of pyridine rings is 1. The number of anilines is 2. The van der Waals surface area contributed by atoms with Gasteiger partial charge in [0.25, 0.3) is 5.91 Å². The Morgan fingerprint density at radius 1 is 1.15 bits per heavy atom. The Morgan fingerprint density at radius 3 is 2.50 bits per heavy atom. The second-order valence-corrected chi connectivity index (χ2v) is 6.43. The van der Waals surface area contributed by atoms with Crippen LogP contribution in [0.3, 0.4) is 0 Å². The molecule has 26 heavy (non-hydrogen) atoms. The monoisotopic (exact) mass is 357 g/mol. The van der Waals surface area contributed by atoms with Gasteiger partial charge in [0.05, 0.1) is 12.8 Å². The third kappa shape index (κ3) is 5.20. The molecule has 1 heterocycles. The highest BCUT2D eigenvalue weighted by Gasteiger charge is 2.12. The summed E-state index contributed by atoms with van der Waals surface area (Å²) >= 11 is 0. The van der Waals surface area contributed by atoms with E-state index in [2.05, 4.69) is 15.6 Å². The van der Waals surface area contributed by atoms with Crippen LogP contribution in [0, 0.1) is 12.8 Å². The van der Waals surface area contributed by atoms with Crippen molar-refractivity contribution in [3.05, 3.63) is 51.9 Å². The van der Waals surface area contributed by atoms with Crippen LogP contribution in [0.4, 0.5) is 11.4 Å². The molecular weight excluding hydrogens is 334 g/mol. The van der Waals surface area contributed by atoms with E-state index in [1.807, 2.05) is 13.8 Å². The fraction of sp³-hybridized carbons (Fsp3) is 0.316. The van der Waals surface area contributed by atoms with E-state index in [0.717, 1.165) is 0 Å². The molecule has 2 rings (SSSR count). The normalized spacial score (nSPS) is 10.5. The fourth-order valence-electron chi connectivity index (χ4n) is 2.46. The molecule has 0 aliphatic heterocycles. The van der Waals surface area contributed by atoms with Crippen molar-refractivity contribution in [3.63, 3.8) is 0 Å². The molecule has 0 saturated carbocycles. The van der Waals surface area contributed by atoms with Crippen molar-refractivity contribution in [1.29, 1.82) is 0 Å². The number of aromatic amines is 1. The summed E-state index contributed by atoms with van der Waals surface area (Å²) in [4.78, 5) is 38.3. The van der Waals surface area contributed by atoms with Crippen LogP contribution in [0.15, 0.2) is 35.1 Å². The average Bonchev–Trinajstić information content (AvgIpc) is 2.54. The molecule has 1 aromatic carbocycles. The van der Waals surface area contributed by atoms with E-state index in [1.165, 1.54) is 13.2 Å². The van der Waals surface area contributed by atoms with Crippen molar-refractivity contribution in [3.8, 4) is 5.75 Å². The lowest BCUT2D eigenvalue weighted by molar-refractivity contribution is -0.116. The minimum absolute atomic E-state index is 0.103. The predicted molar refractivity (Wildman–Crippen MR) is 101 cm³/mol. The predicted octanol–water partition coefficient (Wildman–Crippen LogP) is 2.93. The number of hydrogen-bond acceptors (Lipinski definition) is 4. The first-order valence-electron chi connectivity index (χ1n) is 8.28. The van der Waals surface area contributed by atoms with Gasteiger partial charge < -0.3 is 20.4 Å². The minimum atomic E-state index is -0.405. The van der Waals surface area contributed by atoms with Gasteiger partial charge in [-0.2, -0.15) is 0 Å². The number of rotatable bonds is 6. The molecule has 7 nitrogen and oxygen atoms in total. The van der Waals surface area contributed by atoms with Crippen molar-refractivity contribution in [1.82, 2.24) is 4.98 Å². The minimum Gasteiger partial charge on any atom is -0.494 e. The zero-order valence-corrected chi connectivity index (χ0v) is 15.3. The fourth-order valence-corrected chi connectivity index (χ4v) is 2.46. The molecule has 3 N–H and O–H groups in total. The number of hydrogen-bond donors (Lipinski definition) is 3. The number of amides is 2. The molecule has 0 aliphatic rings. The number of aryl methyl sites for hydroxylation is 1. The van der Waals surface area contributed by atoms with Crippen molar-refractivity contribution in [2.45, 2.75) is 27.2 Å². The van der Waals surface area contributed by atoms with Crippen LogP contribution in [-0.2, 0) is 4.79 Å². The lowest BCUT2D eigenvalue weighted by atomic mass is 10.1. The summed E-state index contributed by atoms with van der Waals surface area (Å²) in [5, 5.41) is 5.51. The Morgan fingerprint density at radius 2 is 1.88 bits per heavy atom. The Labute approximate surface area is 151 Å². The molecule has 0 fully saturated rings. The van der Waals surface area contributed by atoms with E-state index in [-0.39, 0.29) is 22.9 Å². The van der Waals surface area contributed by atoms with Crippen LogP contribution in [0.25, 0.3) is 0 Å². The highest BCUT2D eigenvalue weighted by molar-refractivity contribution is 6.04. The van der Waals surface area contributed by atoms with E-state index >= 15 is 0 Å². The highest BCUT2D eigenvalue weighted by atomic mass is 16.5. The van der Waals surface area contributed by atoms with Gasteiger partial charge in [-0.05, 0) is 31.0 Å². The summed E-state index contributed by atoms with van der Waals surface area (Å²) in [5.74, 6) is 0.172. The van der Waals surface area contributed by atoms with Crippen LogP contribution >= 0.6 is 0 Å². The van der Waals surface area contributed by atoms with Gasteiger partial charge in [0.15, 0.2) is 0 Å². The number of carbonyl (C=O) groups is 2. The van der Waals surface area contributed by atoms with E-state index in [4.69, 9.17) is 4.74 Å². The maximum Gasteiger partial charge on any atom is 0.255 e. The van der Waals surface area contributed by atoms with Crippen LogP contribution in [0.5, 0.6) is 5.75 Å². The largest absolute Gasteiger partial charge is 0.494 e. The quantitative estimate of drug-likeness (QED) is 0.740. The van der Waals surface area contributed by atoms with Gasteiger partial charge in [-0.1, -0.05) is 13.8 Å². The van der Waals surface area contributed by atoms with Gasteiger partial charge in [-0.25, -0.2) is 0 Å². The van der Waals surface area contributed by atoms with Gasteiger partial charge in [-0.15, -0.1) is 0 Å². The summed E-state index contributed by atoms with van der Waals surface area (Å²) in [6.07, 6.45) is 0.406. The SMILES string of the molecule is COc1cc(NC(=O)c2cc(C)[nH]c(=O)c2)ccc1NC(=O)CC(C)C. The molecule has 0 atom stereocenters. The first-order chi connectivity index (χ1) is 12.3. The second-order valence-electron chi connectivity index (χ2n) is 6.43. The van der Waals surface area contributed by atoms with Gasteiger partial charge >= 0.3 is 0 Å². The molecule has 1 aromatic heterocycles. The Kier molecular flexibility index (Phi) is 6.16.